The topological polar surface area (TPSA) is 73.1 Å². The Balaban J connectivity index is 1.81. The lowest BCUT2D eigenvalue weighted by Crippen LogP contribution is -2.09. The second kappa shape index (κ2) is 5.77. The highest BCUT2D eigenvalue weighted by Gasteiger charge is 2.28. The number of nitrogens with two attached hydrogens (primary N) is 1. The summed E-state index contributed by atoms with van der Waals surface area (Å²) in [7, 11) is 1.65. The predicted octanol–water partition coefficient (Wildman–Crippen LogP) is 3.21. The number of nitrogens with zero attached hydrogens (tertiary/aromatic N) is 2. The first-order valence-electron chi connectivity index (χ1n) is 6.87. The van der Waals surface area contributed by atoms with E-state index in [1.54, 1.807) is 7.11 Å². The molecule has 3 N–H and O–H groups in total. The van der Waals surface area contributed by atoms with Gasteiger partial charge in [-0.3, -0.25) is 0 Å². The van der Waals surface area contributed by atoms with E-state index >= 15 is 0 Å². The molecule has 0 saturated heterocycles. The number of para-hydroxylation sites is 1. The molecule has 5 nitrogen and oxygen atoms in total. The van der Waals surface area contributed by atoms with Crippen LogP contribution in [0.15, 0.2) is 24.3 Å². The molecule has 1 saturated carbocycles. The Labute approximate surface area is 128 Å². The van der Waals surface area contributed by atoms with Crippen LogP contribution in [0.1, 0.15) is 30.1 Å². The standard InChI is InChI=1S/C15H17ClN4O/c1-21-11-5-3-2-4-10(11)8-18-15-12(17)13(16)19-14(20-15)9-6-7-9/h2-5,9H,6-8,17H2,1H3,(H,18,19,20). The van der Waals surface area contributed by atoms with Gasteiger partial charge in [0.05, 0.1) is 7.11 Å². The monoisotopic (exact) mass is 304 g/mol. The van der Waals surface area contributed by atoms with Crippen molar-refractivity contribution in [3.8, 4) is 5.75 Å². The number of methoxy groups -OCH3 is 1. The highest BCUT2D eigenvalue weighted by molar-refractivity contribution is 6.32. The third kappa shape index (κ3) is 3.03. The summed E-state index contributed by atoms with van der Waals surface area (Å²) in [5, 5.41) is 3.54. The lowest BCUT2D eigenvalue weighted by atomic mass is 10.2. The molecule has 0 aliphatic heterocycles. The van der Waals surface area contributed by atoms with Gasteiger partial charge in [0.15, 0.2) is 11.0 Å². The fraction of sp³-hybridized carbons (Fsp3) is 0.333. The maximum absolute atomic E-state index is 6.09. The number of nitrogens with one attached hydrogen (secondary N) is 1. The first kappa shape index (κ1) is 13.9. The summed E-state index contributed by atoms with van der Waals surface area (Å²) in [6.45, 7) is 0.561. The predicted molar refractivity (Wildman–Crippen MR) is 83.8 cm³/mol. The van der Waals surface area contributed by atoms with Gasteiger partial charge in [-0.2, -0.15) is 0 Å². The molecule has 110 valence electrons. The number of ether oxygens (including phenoxy) is 1. The molecule has 1 aliphatic rings. The third-order valence-electron chi connectivity index (χ3n) is 3.50. The molecule has 2 aromatic rings. The molecule has 1 aromatic heterocycles. The van der Waals surface area contributed by atoms with Gasteiger partial charge >= 0.3 is 0 Å². The molecule has 6 heteroatoms. The number of hydrogen-bond acceptors (Lipinski definition) is 5. The zero-order valence-corrected chi connectivity index (χ0v) is 12.5. The number of benzene rings is 1. The van der Waals surface area contributed by atoms with Gasteiger partial charge in [-0.15, -0.1) is 0 Å². The number of aromatic nitrogens is 2. The van der Waals surface area contributed by atoms with Crippen molar-refractivity contribution in [3.05, 3.63) is 40.8 Å². The van der Waals surface area contributed by atoms with E-state index in [-0.39, 0.29) is 0 Å². The largest absolute Gasteiger partial charge is 0.496 e. The molecular formula is C15H17ClN4O. The SMILES string of the molecule is COc1ccccc1CNc1nc(C2CC2)nc(Cl)c1N. The van der Waals surface area contributed by atoms with Gasteiger partial charge in [-0.05, 0) is 18.9 Å². The average Bonchev–Trinajstić information content (AvgIpc) is 3.33. The van der Waals surface area contributed by atoms with Crippen molar-refractivity contribution in [1.82, 2.24) is 9.97 Å². The van der Waals surface area contributed by atoms with E-state index in [1.807, 2.05) is 24.3 Å². The van der Waals surface area contributed by atoms with Gasteiger partial charge in [0.2, 0.25) is 0 Å². The van der Waals surface area contributed by atoms with E-state index in [1.165, 1.54) is 0 Å². The van der Waals surface area contributed by atoms with Gasteiger partial charge < -0.3 is 15.8 Å². The van der Waals surface area contributed by atoms with Crippen LogP contribution in [-0.2, 0) is 6.54 Å². The Kier molecular flexibility index (Phi) is 3.84. The summed E-state index contributed by atoms with van der Waals surface area (Å²) in [5.41, 5.74) is 7.37. The Bertz CT molecular complexity index is 658. The van der Waals surface area contributed by atoms with Crippen LogP contribution in [0.3, 0.4) is 0 Å². The Hall–Kier alpha value is -2.01. The normalized spacial score (nSPS) is 14.0. The average molecular weight is 305 g/mol. The Morgan fingerprint density at radius 2 is 2.10 bits per heavy atom. The summed E-state index contributed by atoms with van der Waals surface area (Å²) in [4.78, 5) is 8.74. The van der Waals surface area contributed by atoms with Gasteiger partial charge in [-0.1, -0.05) is 29.8 Å². The zero-order valence-electron chi connectivity index (χ0n) is 11.8. The van der Waals surface area contributed by atoms with Crippen molar-refractivity contribution in [3.63, 3.8) is 0 Å². The second-order valence-corrected chi connectivity index (χ2v) is 5.43. The number of rotatable bonds is 5. The van der Waals surface area contributed by atoms with Crippen LogP contribution in [0.5, 0.6) is 5.75 Å². The fourth-order valence-electron chi connectivity index (χ4n) is 2.15. The molecule has 3 rings (SSSR count). The van der Waals surface area contributed by atoms with Crippen molar-refractivity contribution in [2.75, 3.05) is 18.2 Å². The van der Waals surface area contributed by atoms with E-state index in [9.17, 15) is 0 Å². The number of hydrogen-bond donors (Lipinski definition) is 2. The smallest absolute Gasteiger partial charge is 0.157 e. The lowest BCUT2D eigenvalue weighted by molar-refractivity contribution is 0.410. The first-order valence-corrected chi connectivity index (χ1v) is 7.25. The molecule has 1 aliphatic carbocycles. The van der Waals surface area contributed by atoms with E-state index in [0.717, 1.165) is 30.0 Å². The van der Waals surface area contributed by atoms with Crippen LogP contribution < -0.4 is 15.8 Å². The van der Waals surface area contributed by atoms with E-state index < -0.39 is 0 Å². The Morgan fingerprint density at radius 3 is 2.81 bits per heavy atom. The highest BCUT2D eigenvalue weighted by atomic mass is 35.5. The van der Waals surface area contributed by atoms with E-state index in [2.05, 4.69) is 15.3 Å². The maximum Gasteiger partial charge on any atom is 0.157 e. The maximum atomic E-state index is 6.09. The first-order chi connectivity index (χ1) is 10.2. The van der Waals surface area contributed by atoms with E-state index in [0.29, 0.717) is 29.1 Å². The zero-order chi connectivity index (χ0) is 14.8. The number of anilines is 2. The summed E-state index contributed by atoms with van der Waals surface area (Å²) < 4.78 is 5.33. The molecule has 0 unspecified atom stereocenters. The summed E-state index contributed by atoms with van der Waals surface area (Å²) in [6.07, 6.45) is 2.23. The number of halogens is 1. The molecule has 0 atom stereocenters. The van der Waals surface area contributed by atoms with Gasteiger partial charge in [0.25, 0.3) is 0 Å². The highest BCUT2D eigenvalue weighted by Crippen LogP contribution is 2.40. The van der Waals surface area contributed by atoms with Crippen LogP contribution in [-0.4, -0.2) is 17.1 Å². The molecular weight excluding hydrogens is 288 g/mol. The van der Waals surface area contributed by atoms with Crippen molar-refractivity contribution < 1.29 is 4.74 Å². The molecule has 21 heavy (non-hydrogen) atoms. The van der Waals surface area contributed by atoms with E-state index in [4.69, 9.17) is 22.1 Å². The summed E-state index contributed by atoms with van der Waals surface area (Å²) in [5.74, 6) is 2.61. The summed E-state index contributed by atoms with van der Waals surface area (Å²) >= 11 is 6.09. The molecule has 0 radical (unpaired) electrons. The molecule has 1 heterocycles. The molecule has 1 fully saturated rings. The van der Waals surface area contributed by atoms with Crippen molar-refractivity contribution in [1.29, 1.82) is 0 Å². The fourth-order valence-corrected chi connectivity index (χ4v) is 2.32. The molecule has 0 bridgehead atoms. The number of nitrogen functional groups attached to an aromatic ring is 1. The minimum atomic E-state index is 0.314. The van der Waals surface area contributed by atoms with Crippen LogP contribution in [0.2, 0.25) is 5.15 Å². The lowest BCUT2D eigenvalue weighted by Gasteiger charge is -2.13. The van der Waals surface area contributed by atoms with Gasteiger partial charge in [-0.25, -0.2) is 9.97 Å². The second-order valence-electron chi connectivity index (χ2n) is 5.07. The van der Waals surface area contributed by atoms with Gasteiger partial charge in [0, 0.05) is 18.0 Å². The molecule has 0 amide bonds. The third-order valence-corrected chi connectivity index (χ3v) is 3.79. The van der Waals surface area contributed by atoms with Crippen molar-refractivity contribution in [2.24, 2.45) is 0 Å². The van der Waals surface area contributed by atoms with Crippen LogP contribution in [0.25, 0.3) is 0 Å². The van der Waals surface area contributed by atoms with Crippen LogP contribution in [0, 0.1) is 0 Å². The molecule has 1 aromatic carbocycles. The minimum absolute atomic E-state index is 0.314. The molecule has 0 spiro atoms. The quantitative estimate of drug-likeness (QED) is 0.830. The van der Waals surface area contributed by atoms with Crippen LogP contribution in [0.4, 0.5) is 11.5 Å². The summed E-state index contributed by atoms with van der Waals surface area (Å²) in [6, 6.07) is 7.81. The van der Waals surface area contributed by atoms with Crippen LogP contribution >= 0.6 is 11.6 Å². The van der Waals surface area contributed by atoms with Crippen molar-refractivity contribution >= 4 is 23.1 Å². The van der Waals surface area contributed by atoms with Crippen molar-refractivity contribution in [2.45, 2.75) is 25.3 Å². The minimum Gasteiger partial charge on any atom is -0.496 e. The Morgan fingerprint density at radius 1 is 1.33 bits per heavy atom. The van der Waals surface area contributed by atoms with Gasteiger partial charge in [0.1, 0.15) is 17.3 Å².